The number of nitrogens with one attached hydrogen (secondary N) is 1. The molecule has 0 unspecified atom stereocenters. The maximum Gasteiger partial charge on any atom is 0.337 e. The zero-order valence-corrected chi connectivity index (χ0v) is 16.0. The van der Waals surface area contributed by atoms with Gasteiger partial charge in [0.05, 0.1) is 27.7 Å². The van der Waals surface area contributed by atoms with Crippen molar-refractivity contribution in [3.8, 4) is 0 Å². The van der Waals surface area contributed by atoms with Crippen molar-refractivity contribution in [1.82, 2.24) is 9.97 Å². The van der Waals surface area contributed by atoms with Crippen LogP contribution in [0.15, 0.2) is 18.3 Å². The first-order valence-electron chi connectivity index (χ1n) is 8.71. The summed E-state index contributed by atoms with van der Waals surface area (Å²) < 4.78 is 0. The highest BCUT2D eigenvalue weighted by Crippen LogP contribution is 2.29. The van der Waals surface area contributed by atoms with Gasteiger partial charge in [-0.3, -0.25) is 4.98 Å². The van der Waals surface area contributed by atoms with E-state index in [-0.39, 0.29) is 11.6 Å². The van der Waals surface area contributed by atoms with Gasteiger partial charge < -0.3 is 15.3 Å². The Morgan fingerprint density at radius 1 is 1.27 bits per heavy atom. The molecule has 2 aromatic rings. The van der Waals surface area contributed by atoms with E-state index in [1.54, 1.807) is 13.1 Å². The Hall–Kier alpha value is -2.34. The molecule has 7 heteroatoms. The van der Waals surface area contributed by atoms with Crippen LogP contribution in [0.3, 0.4) is 0 Å². The van der Waals surface area contributed by atoms with Crippen LogP contribution >= 0.6 is 11.6 Å². The summed E-state index contributed by atoms with van der Waals surface area (Å²) in [6, 6.07) is 3.94. The average molecular weight is 375 g/mol. The summed E-state index contributed by atoms with van der Waals surface area (Å²) in [7, 11) is 0. The number of hydrogen-bond acceptors (Lipinski definition) is 5. The summed E-state index contributed by atoms with van der Waals surface area (Å²) in [6.45, 7) is 7.19. The van der Waals surface area contributed by atoms with Gasteiger partial charge in [-0.05, 0) is 51.3 Å². The minimum atomic E-state index is -0.935. The molecule has 3 heterocycles. The Labute approximate surface area is 158 Å². The van der Waals surface area contributed by atoms with Gasteiger partial charge in [-0.25, -0.2) is 9.78 Å². The average Bonchev–Trinajstić information content (AvgIpc) is 2.59. The smallest absolute Gasteiger partial charge is 0.337 e. The summed E-state index contributed by atoms with van der Waals surface area (Å²) in [5.41, 5.74) is 3.26. The number of aromatic nitrogens is 2. The van der Waals surface area contributed by atoms with Crippen molar-refractivity contribution < 1.29 is 9.90 Å². The van der Waals surface area contributed by atoms with E-state index < -0.39 is 5.97 Å². The number of aromatic carboxylic acids is 1. The fourth-order valence-corrected chi connectivity index (χ4v) is 3.85. The number of nitrogens with zero attached hydrogens (tertiary/aromatic N) is 3. The number of carbonyl (C=O) groups is 1. The molecule has 1 aliphatic heterocycles. The van der Waals surface area contributed by atoms with Crippen molar-refractivity contribution in [2.75, 3.05) is 23.3 Å². The first kappa shape index (κ1) is 18.5. The van der Waals surface area contributed by atoms with Gasteiger partial charge in [-0.15, -0.1) is 0 Å². The first-order chi connectivity index (χ1) is 12.4. The van der Waals surface area contributed by atoms with Gasteiger partial charge in [0.25, 0.3) is 0 Å². The maximum absolute atomic E-state index is 11.5. The Kier molecular flexibility index (Phi) is 5.32. The van der Waals surface area contributed by atoms with Crippen LogP contribution in [0.4, 0.5) is 11.5 Å². The first-order valence-corrected chi connectivity index (χ1v) is 9.09. The monoisotopic (exact) mass is 374 g/mol. The molecule has 0 amide bonds. The molecule has 1 fully saturated rings. The molecular formula is C19H23ClN4O2. The Morgan fingerprint density at radius 2 is 1.96 bits per heavy atom. The SMILES string of the molecule is Cc1nc(C)c(C(=O)O)c(C)c1NC1CCN(c2ncccc2Cl)CC1. The predicted octanol–water partition coefficient (Wildman–Crippen LogP) is 3.83. The standard InChI is InChI=1S/C19H23ClN4O2/c1-11-16(19(25)26)12(2)22-13(3)17(11)23-14-6-9-24(10-7-14)18-15(20)5-4-8-21-18/h4-5,8,14,23H,6-7,9-10H2,1-3H3,(H,25,26). The minimum Gasteiger partial charge on any atom is -0.478 e. The van der Waals surface area contributed by atoms with E-state index in [4.69, 9.17) is 11.6 Å². The van der Waals surface area contributed by atoms with Gasteiger partial charge in [-0.1, -0.05) is 11.6 Å². The number of aryl methyl sites for hydroxylation is 2. The maximum atomic E-state index is 11.5. The lowest BCUT2D eigenvalue weighted by molar-refractivity contribution is 0.0695. The molecule has 0 bridgehead atoms. The molecule has 0 aliphatic carbocycles. The number of anilines is 2. The van der Waals surface area contributed by atoms with E-state index >= 15 is 0 Å². The number of carboxylic acids is 1. The van der Waals surface area contributed by atoms with Crippen molar-refractivity contribution in [2.45, 2.75) is 39.7 Å². The van der Waals surface area contributed by atoms with Crippen molar-refractivity contribution in [2.24, 2.45) is 0 Å². The van der Waals surface area contributed by atoms with E-state index in [0.29, 0.717) is 10.7 Å². The molecule has 6 nitrogen and oxygen atoms in total. The van der Waals surface area contributed by atoms with Crippen LogP contribution in [0.2, 0.25) is 5.02 Å². The predicted molar refractivity (Wildman–Crippen MR) is 104 cm³/mol. The summed E-state index contributed by atoms with van der Waals surface area (Å²) in [6.07, 6.45) is 3.59. The Balaban J connectivity index is 1.73. The van der Waals surface area contributed by atoms with E-state index in [1.807, 2.05) is 26.0 Å². The van der Waals surface area contributed by atoms with Crippen LogP contribution in [-0.4, -0.2) is 40.2 Å². The van der Waals surface area contributed by atoms with Crippen LogP contribution < -0.4 is 10.2 Å². The third-order valence-corrected chi connectivity index (χ3v) is 5.20. The second-order valence-electron chi connectivity index (χ2n) is 6.68. The molecule has 138 valence electrons. The highest BCUT2D eigenvalue weighted by Gasteiger charge is 2.24. The number of carboxylic acid groups (broad SMARTS) is 1. The van der Waals surface area contributed by atoms with Crippen LogP contribution in [-0.2, 0) is 0 Å². The van der Waals surface area contributed by atoms with E-state index in [0.717, 1.165) is 48.7 Å². The Bertz CT molecular complexity index is 833. The van der Waals surface area contributed by atoms with Gasteiger partial charge in [-0.2, -0.15) is 0 Å². The number of rotatable bonds is 4. The fraction of sp³-hybridized carbons (Fsp3) is 0.421. The number of halogens is 1. The van der Waals surface area contributed by atoms with Gasteiger partial charge in [0.2, 0.25) is 0 Å². The van der Waals surface area contributed by atoms with Gasteiger partial charge in [0.1, 0.15) is 5.82 Å². The molecule has 1 aliphatic rings. The van der Waals surface area contributed by atoms with Crippen molar-refractivity contribution in [3.63, 3.8) is 0 Å². The van der Waals surface area contributed by atoms with Crippen LogP contribution in [0.5, 0.6) is 0 Å². The Morgan fingerprint density at radius 3 is 2.58 bits per heavy atom. The molecule has 3 rings (SSSR count). The second-order valence-corrected chi connectivity index (χ2v) is 7.08. The van der Waals surface area contributed by atoms with Crippen molar-refractivity contribution in [3.05, 3.63) is 45.9 Å². The lowest BCUT2D eigenvalue weighted by Gasteiger charge is -2.34. The highest BCUT2D eigenvalue weighted by atomic mass is 35.5. The minimum absolute atomic E-state index is 0.261. The lowest BCUT2D eigenvalue weighted by atomic mass is 10.0. The summed E-state index contributed by atoms with van der Waals surface area (Å²) in [4.78, 5) is 22.5. The number of pyridine rings is 2. The largest absolute Gasteiger partial charge is 0.478 e. The number of hydrogen-bond donors (Lipinski definition) is 2. The normalized spacial score (nSPS) is 15.2. The summed E-state index contributed by atoms with van der Waals surface area (Å²) in [5.74, 6) is -0.111. The molecule has 0 spiro atoms. The molecule has 1 saturated heterocycles. The second kappa shape index (κ2) is 7.50. The molecule has 2 aromatic heterocycles. The van der Waals surface area contributed by atoms with Crippen LogP contribution in [0.25, 0.3) is 0 Å². The third kappa shape index (κ3) is 3.60. The van der Waals surface area contributed by atoms with Gasteiger partial charge in [0.15, 0.2) is 0 Å². The highest BCUT2D eigenvalue weighted by molar-refractivity contribution is 6.32. The molecule has 26 heavy (non-hydrogen) atoms. The van der Waals surface area contributed by atoms with Gasteiger partial charge in [0, 0.05) is 25.3 Å². The van der Waals surface area contributed by atoms with Crippen molar-refractivity contribution >= 4 is 29.1 Å². The van der Waals surface area contributed by atoms with Gasteiger partial charge >= 0.3 is 5.97 Å². The quantitative estimate of drug-likeness (QED) is 0.846. The molecule has 0 saturated carbocycles. The van der Waals surface area contributed by atoms with E-state index in [2.05, 4.69) is 20.2 Å². The van der Waals surface area contributed by atoms with Crippen LogP contribution in [0, 0.1) is 20.8 Å². The number of piperidine rings is 1. The third-order valence-electron chi connectivity index (χ3n) is 4.90. The summed E-state index contributed by atoms with van der Waals surface area (Å²) >= 11 is 6.24. The fourth-order valence-electron chi connectivity index (χ4n) is 3.61. The van der Waals surface area contributed by atoms with Crippen molar-refractivity contribution in [1.29, 1.82) is 0 Å². The zero-order chi connectivity index (χ0) is 18.8. The molecule has 0 radical (unpaired) electrons. The molecular weight excluding hydrogens is 352 g/mol. The molecule has 0 aromatic carbocycles. The van der Waals surface area contributed by atoms with E-state index in [1.165, 1.54) is 0 Å². The topological polar surface area (TPSA) is 78.3 Å². The van der Waals surface area contributed by atoms with E-state index in [9.17, 15) is 9.90 Å². The lowest BCUT2D eigenvalue weighted by Crippen LogP contribution is -2.40. The zero-order valence-electron chi connectivity index (χ0n) is 15.2. The molecule has 2 N–H and O–H groups in total. The summed E-state index contributed by atoms with van der Waals surface area (Å²) in [5, 5.41) is 13.6. The van der Waals surface area contributed by atoms with Crippen LogP contribution in [0.1, 0.15) is 40.2 Å². The molecule has 0 atom stereocenters.